The van der Waals surface area contributed by atoms with Crippen molar-refractivity contribution in [2.45, 2.75) is 31.9 Å². The van der Waals surface area contributed by atoms with Gasteiger partial charge in [-0.15, -0.1) is 30.6 Å². The number of hydrogen-bond donors (Lipinski definition) is 2. The predicted octanol–water partition coefficient (Wildman–Crippen LogP) is 3.03. The van der Waals surface area contributed by atoms with Crippen LogP contribution in [0.25, 0.3) is 0 Å². The Balaban J connectivity index is 0.00000338. The van der Waals surface area contributed by atoms with Crippen LogP contribution in [0.3, 0.4) is 0 Å². The summed E-state index contributed by atoms with van der Waals surface area (Å²) in [7, 11) is 1.75. The van der Waals surface area contributed by atoms with Crippen LogP contribution in [-0.4, -0.2) is 56.2 Å². The van der Waals surface area contributed by atoms with Crippen LogP contribution < -0.4 is 15.4 Å². The van der Waals surface area contributed by atoms with E-state index >= 15 is 0 Å². The zero-order valence-corrected chi connectivity index (χ0v) is 17.9. The molecule has 1 heterocycles. The fourth-order valence-corrected chi connectivity index (χ4v) is 2.87. The van der Waals surface area contributed by atoms with Gasteiger partial charge in [-0.2, -0.15) is 0 Å². The number of benzene rings is 1. The van der Waals surface area contributed by atoms with Gasteiger partial charge in [-0.25, -0.2) is 4.39 Å². The third-order valence-corrected chi connectivity index (χ3v) is 4.26. The number of nitrogens with one attached hydrogen (secondary N) is 2. The fourth-order valence-electron chi connectivity index (χ4n) is 2.87. The summed E-state index contributed by atoms with van der Waals surface area (Å²) < 4.78 is 19.3. The van der Waals surface area contributed by atoms with E-state index in [9.17, 15) is 4.39 Å². The second-order valence-electron chi connectivity index (χ2n) is 6.32. The van der Waals surface area contributed by atoms with Crippen LogP contribution in [0.4, 0.5) is 4.39 Å². The van der Waals surface area contributed by atoms with Crippen LogP contribution in [0.1, 0.15) is 19.8 Å². The average molecular weight is 476 g/mol. The Morgan fingerprint density at radius 3 is 2.73 bits per heavy atom. The molecule has 1 aromatic carbocycles. The summed E-state index contributed by atoms with van der Waals surface area (Å²) in [5.41, 5.74) is 0. The number of guanidine groups is 1. The molecule has 1 unspecified atom stereocenters. The maximum atomic E-state index is 13.6. The highest BCUT2D eigenvalue weighted by molar-refractivity contribution is 14.0. The van der Waals surface area contributed by atoms with Crippen LogP contribution in [0.5, 0.6) is 5.75 Å². The van der Waals surface area contributed by atoms with E-state index in [1.807, 2.05) is 13.0 Å². The summed E-state index contributed by atoms with van der Waals surface area (Å²) >= 11 is 0. The lowest BCUT2D eigenvalue weighted by Crippen LogP contribution is -2.50. The van der Waals surface area contributed by atoms with E-state index in [-0.39, 0.29) is 41.6 Å². The fraction of sp³-hybridized carbons (Fsp3) is 0.526. The first-order valence-corrected chi connectivity index (χ1v) is 8.84. The molecule has 1 aliphatic heterocycles. The Bertz CT molecular complexity index is 576. The lowest BCUT2D eigenvalue weighted by atomic mass is 10.1. The molecule has 0 bridgehead atoms. The van der Waals surface area contributed by atoms with Crippen LogP contribution >= 0.6 is 24.0 Å². The van der Waals surface area contributed by atoms with Gasteiger partial charge in [0.2, 0.25) is 0 Å². The number of piperidine rings is 1. The van der Waals surface area contributed by atoms with Crippen molar-refractivity contribution in [2.75, 3.05) is 33.2 Å². The molecule has 2 rings (SSSR count). The summed E-state index contributed by atoms with van der Waals surface area (Å²) in [6.45, 7) is 9.31. The van der Waals surface area contributed by atoms with Crippen molar-refractivity contribution < 1.29 is 9.13 Å². The zero-order valence-electron chi connectivity index (χ0n) is 15.6. The lowest BCUT2D eigenvalue weighted by molar-refractivity contribution is 0.212. The van der Waals surface area contributed by atoms with Gasteiger partial charge in [-0.1, -0.05) is 18.2 Å². The molecule has 5 nitrogen and oxygen atoms in total. The van der Waals surface area contributed by atoms with Crippen molar-refractivity contribution in [1.82, 2.24) is 15.5 Å². The highest BCUT2D eigenvalue weighted by Gasteiger charge is 2.19. The highest BCUT2D eigenvalue weighted by Crippen LogP contribution is 2.16. The molecule has 26 heavy (non-hydrogen) atoms. The molecular weight excluding hydrogens is 446 g/mol. The summed E-state index contributed by atoms with van der Waals surface area (Å²) in [5, 5.41) is 6.71. The average Bonchev–Trinajstić information content (AvgIpc) is 2.62. The minimum absolute atomic E-state index is 0. The topological polar surface area (TPSA) is 48.9 Å². The summed E-state index contributed by atoms with van der Waals surface area (Å²) in [6.07, 6.45) is 3.93. The van der Waals surface area contributed by atoms with E-state index < -0.39 is 0 Å². The van der Waals surface area contributed by atoms with Gasteiger partial charge >= 0.3 is 0 Å². The monoisotopic (exact) mass is 476 g/mol. The van der Waals surface area contributed by atoms with Gasteiger partial charge < -0.3 is 15.4 Å². The molecule has 7 heteroatoms. The number of ether oxygens (including phenoxy) is 1. The first kappa shape index (κ1) is 22.7. The molecule has 0 saturated carbocycles. The van der Waals surface area contributed by atoms with E-state index in [0.717, 1.165) is 38.4 Å². The molecule has 2 N–H and O–H groups in total. The van der Waals surface area contributed by atoms with E-state index in [4.69, 9.17) is 4.74 Å². The predicted molar refractivity (Wildman–Crippen MR) is 116 cm³/mol. The molecule has 0 spiro atoms. The molecule has 0 aliphatic carbocycles. The SMILES string of the molecule is C=CCN1CCC(NC(=NC)NCC(C)Oc2ccccc2F)CC1.I. The van der Waals surface area contributed by atoms with Crippen LogP contribution in [0, 0.1) is 5.82 Å². The Hall–Kier alpha value is -1.35. The van der Waals surface area contributed by atoms with Crippen LogP contribution in [-0.2, 0) is 0 Å². The van der Waals surface area contributed by atoms with Crippen molar-refractivity contribution in [3.8, 4) is 5.75 Å². The summed E-state index contributed by atoms with van der Waals surface area (Å²) in [5.74, 6) is 0.684. The molecule has 1 aromatic rings. The molecule has 1 aliphatic rings. The maximum absolute atomic E-state index is 13.6. The molecule has 1 fully saturated rings. The van der Waals surface area contributed by atoms with E-state index in [0.29, 0.717) is 12.6 Å². The van der Waals surface area contributed by atoms with Gasteiger partial charge in [-0.05, 0) is 31.9 Å². The number of nitrogens with zero attached hydrogens (tertiary/aromatic N) is 2. The van der Waals surface area contributed by atoms with Gasteiger partial charge in [0.25, 0.3) is 0 Å². The number of rotatable bonds is 7. The van der Waals surface area contributed by atoms with Gasteiger partial charge in [0.05, 0.1) is 6.54 Å². The molecule has 1 saturated heterocycles. The Morgan fingerprint density at radius 2 is 2.12 bits per heavy atom. The lowest BCUT2D eigenvalue weighted by Gasteiger charge is -2.32. The van der Waals surface area contributed by atoms with Gasteiger partial charge in [0.15, 0.2) is 17.5 Å². The minimum Gasteiger partial charge on any atom is -0.486 e. The standard InChI is InChI=1S/C19H29FN4O.HI/c1-4-11-24-12-9-16(10-13-24)23-19(21-3)22-14-15(2)25-18-8-6-5-7-17(18)20;/h4-8,15-16H,1,9-14H2,2-3H3,(H2,21,22,23);1H. The number of halogens is 2. The molecule has 0 radical (unpaired) electrons. The molecule has 1 atom stereocenters. The summed E-state index contributed by atoms with van der Waals surface area (Å²) in [6, 6.07) is 6.86. The first-order chi connectivity index (χ1) is 12.1. The Morgan fingerprint density at radius 1 is 1.42 bits per heavy atom. The van der Waals surface area contributed by atoms with Crippen molar-refractivity contribution in [1.29, 1.82) is 0 Å². The Kier molecular flexibility index (Phi) is 10.6. The van der Waals surface area contributed by atoms with E-state index in [1.165, 1.54) is 6.07 Å². The number of aliphatic imine (C=N–C) groups is 1. The number of likely N-dealkylation sites (tertiary alicyclic amines) is 1. The molecule has 0 amide bonds. The van der Waals surface area contributed by atoms with Crippen LogP contribution in [0.15, 0.2) is 41.9 Å². The number of hydrogen-bond acceptors (Lipinski definition) is 3. The first-order valence-electron chi connectivity index (χ1n) is 8.84. The molecular formula is C19H30FIN4O. The number of para-hydroxylation sites is 1. The summed E-state index contributed by atoms with van der Waals surface area (Å²) in [4.78, 5) is 6.66. The smallest absolute Gasteiger partial charge is 0.191 e. The van der Waals surface area contributed by atoms with Crippen molar-refractivity contribution in [3.05, 3.63) is 42.7 Å². The van der Waals surface area contributed by atoms with E-state index in [1.54, 1.807) is 25.2 Å². The third-order valence-electron chi connectivity index (χ3n) is 4.26. The van der Waals surface area contributed by atoms with Crippen molar-refractivity contribution in [3.63, 3.8) is 0 Å². The van der Waals surface area contributed by atoms with Crippen molar-refractivity contribution in [2.24, 2.45) is 4.99 Å². The molecule has 146 valence electrons. The van der Waals surface area contributed by atoms with Crippen molar-refractivity contribution >= 4 is 29.9 Å². The zero-order chi connectivity index (χ0) is 18.1. The van der Waals surface area contributed by atoms with Gasteiger partial charge in [-0.3, -0.25) is 9.89 Å². The molecule has 0 aromatic heterocycles. The quantitative estimate of drug-likeness (QED) is 0.275. The second kappa shape index (κ2) is 12.1. The highest BCUT2D eigenvalue weighted by atomic mass is 127. The normalized spacial score (nSPS) is 17.1. The van der Waals surface area contributed by atoms with Gasteiger partial charge in [0, 0.05) is 32.7 Å². The van der Waals surface area contributed by atoms with Crippen LogP contribution in [0.2, 0.25) is 0 Å². The largest absolute Gasteiger partial charge is 0.486 e. The minimum atomic E-state index is -0.344. The van der Waals surface area contributed by atoms with E-state index in [2.05, 4.69) is 27.1 Å². The third kappa shape index (κ3) is 7.49. The Labute approximate surface area is 173 Å². The maximum Gasteiger partial charge on any atom is 0.191 e. The second-order valence-corrected chi connectivity index (χ2v) is 6.32. The van der Waals surface area contributed by atoms with Gasteiger partial charge in [0.1, 0.15) is 6.10 Å².